The maximum atomic E-state index is 13.1. The van der Waals surface area contributed by atoms with E-state index in [-0.39, 0.29) is 11.9 Å². The molecule has 0 saturated heterocycles. The van der Waals surface area contributed by atoms with Crippen LogP contribution in [0.5, 0.6) is 5.75 Å². The lowest BCUT2D eigenvalue weighted by Gasteiger charge is -2.12. The van der Waals surface area contributed by atoms with Crippen molar-refractivity contribution >= 4 is 40.1 Å². The molecule has 0 fully saturated rings. The molecule has 1 amide bonds. The number of nitrogens with zero attached hydrogens (tertiary/aromatic N) is 1. The van der Waals surface area contributed by atoms with Crippen molar-refractivity contribution in [1.82, 2.24) is 0 Å². The van der Waals surface area contributed by atoms with Crippen LogP contribution in [0.2, 0.25) is 0 Å². The third-order valence-electron chi connectivity index (χ3n) is 4.88. The van der Waals surface area contributed by atoms with Crippen molar-refractivity contribution in [2.24, 2.45) is 4.99 Å². The van der Waals surface area contributed by atoms with Gasteiger partial charge in [-0.05, 0) is 73.2 Å². The molecule has 1 aliphatic carbocycles. The van der Waals surface area contributed by atoms with Gasteiger partial charge in [-0.15, -0.1) is 11.3 Å². The number of thiophene rings is 1. The number of hydrogen-bond donors (Lipinski definition) is 1. The van der Waals surface area contributed by atoms with Crippen LogP contribution in [-0.4, -0.2) is 18.1 Å². The fourth-order valence-corrected chi connectivity index (χ4v) is 4.74. The average molecular weight is 419 g/mol. The van der Waals surface area contributed by atoms with Crippen LogP contribution >= 0.6 is 11.3 Å². The number of esters is 1. The van der Waals surface area contributed by atoms with E-state index in [2.05, 4.69) is 10.3 Å². The number of fused-ring (bicyclic) bond motifs is 1. The highest BCUT2D eigenvalue weighted by atomic mass is 32.1. The van der Waals surface area contributed by atoms with Crippen molar-refractivity contribution in [2.75, 3.05) is 5.32 Å². The Morgan fingerprint density at radius 3 is 2.50 bits per heavy atom. The zero-order valence-electron chi connectivity index (χ0n) is 16.7. The summed E-state index contributed by atoms with van der Waals surface area (Å²) in [7, 11) is 0. The molecule has 1 N–H and O–H groups in total. The fourth-order valence-electron chi connectivity index (χ4n) is 3.51. The summed E-state index contributed by atoms with van der Waals surface area (Å²) in [5.74, 6) is 0.0294. The molecule has 152 valence electrons. The Kier molecular flexibility index (Phi) is 6.05. The van der Waals surface area contributed by atoms with Gasteiger partial charge in [-0.2, -0.15) is 0 Å². The molecule has 3 aromatic rings. The number of nitrogens with one attached hydrogen (secondary N) is 1. The summed E-state index contributed by atoms with van der Waals surface area (Å²) < 4.78 is 5.06. The number of aliphatic imine (C=N–C) groups is 1. The lowest BCUT2D eigenvalue weighted by atomic mass is 9.95. The van der Waals surface area contributed by atoms with Crippen LogP contribution < -0.4 is 10.1 Å². The van der Waals surface area contributed by atoms with Gasteiger partial charge in [-0.25, -0.2) is 4.99 Å². The van der Waals surface area contributed by atoms with E-state index in [1.165, 1.54) is 11.8 Å². The lowest BCUT2D eigenvalue weighted by Crippen LogP contribution is -2.14. The van der Waals surface area contributed by atoms with Gasteiger partial charge in [-0.1, -0.05) is 18.2 Å². The summed E-state index contributed by atoms with van der Waals surface area (Å²) in [5.41, 5.74) is 3.46. The summed E-state index contributed by atoms with van der Waals surface area (Å²) in [6.45, 7) is 1.37. The van der Waals surface area contributed by atoms with E-state index in [9.17, 15) is 9.59 Å². The first-order valence-electron chi connectivity index (χ1n) is 9.93. The van der Waals surface area contributed by atoms with Crippen molar-refractivity contribution in [2.45, 2.75) is 32.6 Å². The Morgan fingerprint density at radius 2 is 1.77 bits per heavy atom. The zero-order valence-corrected chi connectivity index (χ0v) is 17.5. The summed E-state index contributed by atoms with van der Waals surface area (Å²) >= 11 is 1.60. The topological polar surface area (TPSA) is 67.8 Å². The molecule has 0 saturated carbocycles. The number of carbonyl (C=O) groups excluding carboxylic acids is 2. The van der Waals surface area contributed by atoms with Gasteiger partial charge in [0.1, 0.15) is 10.8 Å². The highest BCUT2D eigenvalue weighted by Crippen LogP contribution is 2.40. The largest absolute Gasteiger partial charge is 0.427 e. The smallest absolute Gasteiger partial charge is 0.308 e. The second-order valence-electron chi connectivity index (χ2n) is 7.13. The van der Waals surface area contributed by atoms with Crippen molar-refractivity contribution in [3.63, 3.8) is 0 Å². The monoisotopic (exact) mass is 418 g/mol. The van der Waals surface area contributed by atoms with E-state index in [0.29, 0.717) is 11.3 Å². The number of anilines is 1. The van der Waals surface area contributed by atoms with E-state index < -0.39 is 0 Å². The zero-order chi connectivity index (χ0) is 20.9. The number of ether oxygens (including phenoxy) is 1. The van der Waals surface area contributed by atoms with Gasteiger partial charge in [0.15, 0.2) is 0 Å². The second kappa shape index (κ2) is 9.05. The Bertz CT molecular complexity index is 1090. The Labute approximate surface area is 179 Å². The van der Waals surface area contributed by atoms with Gasteiger partial charge >= 0.3 is 5.97 Å². The predicted octanol–water partition coefficient (Wildman–Crippen LogP) is 5.56. The van der Waals surface area contributed by atoms with Crippen LogP contribution in [0.3, 0.4) is 0 Å². The van der Waals surface area contributed by atoms with E-state index >= 15 is 0 Å². The van der Waals surface area contributed by atoms with Crippen molar-refractivity contribution in [3.8, 4) is 5.75 Å². The van der Waals surface area contributed by atoms with Gasteiger partial charge in [0.2, 0.25) is 0 Å². The van der Waals surface area contributed by atoms with Crippen LogP contribution in [0.1, 0.15) is 46.1 Å². The molecule has 0 radical (unpaired) electrons. The van der Waals surface area contributed by atoms with E-state index in [1.54, 1.807) is 29.7 Å². The standard InChI is InChI=1S/C24H22N2O3S/c1-16(27)29-19-13-11-17(12-14-19)15-25-24-22(20-9-5-6-10-21(20)30-24)23(28)26-18-7-3-2-4-8-18/h2-4,7-8,11-15H,5-6,9-10H2,1H3,(H,26,28). The molecule has 4 rings (SSSR count). The molecule has 2 aromatic carbocycles. The molecule has 0 atom stereocenters. The Hall–Kier alpha value is -3.25. The third kappa shape index (κ3) is 4.66. The van der Waals surface area contributed by atoms with Crippen LogP contribution in [0.25, 0.3) is 0 Å². The molecular formula is C24H22N2O3S. The first kappa shape index (κ1) is 20.0. The summed E-state index contributed by atoms with van der Waals surface area (Å²) in [6.07, 6.45) is 5.90. The minimum absolute atomic E-state index is 0.113. The predicted molar refractivity (Wildman–Crippen MR) is 120 cm³/mol. The van der Waals surface area contributed by atoms with Crippen molar-refractivity contribution < 1.29 is 14.3 Å². The van der Waals surface area contributed by atoms with Crippen LogP contribution in [0.15, 0.2) is 59.6 Å². The average Bonchev–Trinajstić information content (AvgIpc) is 3.12. The molecule has 0 aliphatic heterocycles. The molecule has 6 heteroatoms. The van der Waals surface area contributed by atoms with Crippen molar-refractivity contribution in [1.29, 1.82) is 0 Å². The molecular weight excluding hydrogens is 396 g/mol. The minimum Gasteiger partial charge on any atom is -0.427 e. The summed E-state index contributed by atoms with van der Waals surface area (Å²) in [4.78, 5) is 30.1. The fraction of sp³-hybridized carbons (Fsp3) is 0.208. The van der Waals surface area contributed by atoms with E-state index in [1.807, 2.05) is 42.5 Å². The number of rotatable bonds is 5. The first-order valence-corrected chi connectivity index (χ1v) is 10.8. The first-order chi connectivity index (χ1) is 14.6. The molecule has 0 unspecified atom stereocenters. The maximum absolute atomic E-state index is 13.1. The molecule has 1 heterocycles. The molecule has 0 spiro atoms. The highest BCUT2D eigenvalue weighted by molar-refractivity contribution is 7.16. The number of benzene rings is 2. The SMILES string of the molecule is CC(=O)Oc1ccc(C=Nc2sc3c(c2C(=O)Nc2ccccc2)CCCC3)cc1. The number of carbonyl (C=O) groups is 2. The Balaban J connectivity index is 1.61. The number of hydrogen-bond acceptors (Lipinski definition) is 5. The van der Waals surface area contributed by atoms with Crippen molar-refractivity contribution in [3.05, 3.63) is 76.2 Å². The maximum Gasteiger partial charge on any atom is 0.308 e. The molecule has 0 bridgehead atoms. The minimum atomic E-state index is -0.352. The second-order valence-corrected chi connectivity index (χ2v) is 8.22. The normalized spacial score (nSPS) is 13.1. The number of aryl methyl sites for hydroxylation is 1. The van der Waals surface area contributed by atoms with Gasteiger partial charge in [-0.3, -0.25) is 9.59 Å². The number of amides is 1. The lowest BCUT2D eigenvalue weighted by molar-refractivity contribution is -0.131. The van der Waals surface area contributed by atoms with E-state index in [0.717, 1.165) is 47.5 Å². The molecule has 1 aliphatic rings. The number of para-hydroxylation sites is 1. The molecule has 5 nitrogen and oxygen atoms in total. The summed E-state index contributed by atoms with van der Waals surface area (Å²) in [6, 6.07) is 16.6. The van der Waals surface area contributed by atoms with E-state index in [4.69, 9.17) is 4.74 Å². The van der Waals surface area contributed by atoms with Gasteiger partial charge in [0.05, 0.1) is 5.56 Å². The molecule has 1 aromatic heterocycles. The molecule has 30 heavy (non-hydrogen) atoms. The third-order valence-corrected chi connectivity index (χ3v) is 6.08. The van der Waals surface area contributed by atoms with Crippen LogP contribution in [0.4, 0.5) is 10.7 Å². The van der Waals surface area contributed by atoms with Gasteiger partial charge in [0, 0.05) is 23.7 Å². The van der Waals surface area contributed by atoms with Crippen LogP contribution in [-0.2, 0) is 17.6 Å². The highest BCUT2D eigenvalue weighted by Gasteiger charge is 2.25. The summed E-state index contributed by atoms with van der Waals surface area (Å²) in [5, 5.41) is 3.74. The van der Waals surface area contributed by atoms with Crippen LogP contribution in [0, 0.1) is 0 Å². The quantitative estimate of drug-likeness (QED) is 0.335. The van der Waals surface area contributed by atoms with Gasteiger partial charge < -0.3 is 10.1 Å². The Morgan fingerprint density at radius 1 is 1.03 bits per heavy atom. The van der Waals surface area contributed by atoms with Gasteiger partial charge in [0.25, 0.3) is 5.91 Å².